The number of thioether (sulfide) groups is 1. The minimum absolute atomic E-state index is 0.277. The van der Waals surface area contributed by atoms with Crippen molar-refractivity contribution in [3.63, 3.8) is 0 Å². The first-order valence-corrected chi connectivity index (χ1v) is 7.53. The number of aromatic nitrogens is 3. The number of amides is 3. The van der Waals surface area contributed by atoms with Crippen LogP contribution in [0.15, 0.2) is 34.2 Å². The summed E-state index contributed by atoms with van der Waals surface area (Å²) in [5, 5.41) is 10.2. The lowest BCUT2D eigenvalue weighted by Gasteiger charge is -2.15. The molecule has 3 amide bonds. The quantitative estimate of drug-likeness (QED) is 0.844. The van der Waals surface area contributed by atoms with Crippen LogP contribution in [0.25, 0.3) is 11.5 Å². The van der Waals surface area contributed by atoms with E-state index in [-0.39, 0.29) is 17.2 Å². The predicted molar refractivity (Wildman–Crippen MR) is 78.0 cm³/mol. The number of imide groups is 1. The van der Waals surface area contributed by atoms with Crippen LogP contribution in [0.3, 0.4) is 0 Å². The van der Waals surface area contributed by atoms with Gasteiger partial charge in [0, 0.05) is 25.5 Å². The molecule has 1 fully saturated rings. The van der Waals surface area contributed by atoms with E-state index in [4.69, 9.17) is 4.42 Å². The van der Waals surface area contributed by atoms with Crippen LogP contribution in [0, 0.1) is 0 Å². The first kappa shape index (κ1) is 14.5. The van der Waals surface area contributed by atoms with Crippen LogP contribution < -0.4 is 5.32 Å². The molecule has 1 N–H and O–H groups in total. The number of nitrogens with zero attached hydrogens (tertiary/aromatic N) is 4. The van der Waals surface area contributed by atoms with E-state index in [9.17, 15) is 9.59 Å². The molecule has 1 aliphatic rings. The molecule has 1 saturated heterocycles. The van der Waals surface area contributed by atoms with Crippen LogP contribution in [0.4, 0.5) is 4.79 Å². The molecule has 0 spiro atoms. The monoisotopic (exact) mass is 319 g/mol. The number of pyridine rings is 1. The molecule has 1 atom stereocenters. The first-order chi connectivity index (χ1) is 10.6. The van der Waals surface area contributed by atoms with E-state index in [2.05, 4.69) is 20.5 Å². The fourth-order valence-corrected chi connectivity index (χ4v) is 2.71. The van der Waals surface area contributed by atoms with Crippen LogP contribution in [-0.4, -0.2) is 50.4 Å². The van der Waals surface area contributed by atoms with E-state index in [1.165, 1.54) is 4.90 Å². The highest BCUT2D eigenvalue weighted by molar-refractivity contribution is 8.00. The maximum atomic E-state index is 12.2. The second kappa shape index (κ2) is 6.14. The number of urea groups is 1. The van der Waals surface area contributed by atoms with E-state index >= 15 is 0 Å². The van der Waals surface area contributed by atoms with Crippen molar-refractivity contribution in [2.24, 2.45) is 0 Å². The molecule has 114 valence electrons. The molecule has 0 saturated carbocycles. The summed E-state index contributed by atoms with van der Waals surface area (Å²) in [5.41, 5.74) is 0.708. The van der Waals surface area contributed by atoms with Gasteiger partial charge in [0.2, 0.25) is 11.8 Å². The van der Waals surface area contributed by atoms with E-state index in [0.717, 1.165) is 11.8 Å². The van der Waals surface area contributed by atoms with E-state index in [1.807, 2.05) is 0 Å². The van der Waals surface area contributed by atoms with Crippen molar-refractivity contribution in [1.82, 2.24) is 25.4 Å². The Morgan fingerprint density at radius 2 is 2.36 bits per heavy atom. The van der Waals surface area contributed by atoms with Gasteiger partial charge < -0.3 is 9.73 Å². The molecule has 22 heavy (non-hydrogen) atoms. The Morgan fingerprint density at radius 3 is 3.05 bits per heavy atom. The van der Waals surface area contributed by atoms with Crippen molar-refractivity contribution < 1.29 is 14.0 Å². The third-order valence-corrected chi connectivity index (χ3v) is 3.98. The van der Waals surface area contributed by atoms with Gasteiger partial charge in [0.25, 0.3) is 5.22 Å². The molecule has 0 aliphatic carbocycles. The van der Waals surface area contributed by atoms with Gasteiger partial charge in [0.05, 0.1) is 10.8 Å². The smallest absolute Gasteiger partial charge is 0.324 e. The van der Waals surface area contributed by atoms with Gasteiger partial charge in [-0.1, -0.05) is 11.8 Å². The summed E-state index contributed by atoms with van der Waals surface area (Å²) in [6.07, 6.45) is 3.27. The Hall–Kier alpha value is -2.42. The molecule has 2 aromatic rings. The SMILES string of the molecule is C[C@H](Sc1nnc(-c2cccnc2)o1)C(=O)N1CCNC1=O. The van der Waals surface area contributed by atoms with Crippen LogP contribution >= 0.6 is 11.8 Å². The molecule has 3 heterocycles. The van der Waals surface area contributed by atoms with E-state index in [1.54, 1.807) is 31.5 Å². The van der Waals surface area contributed by atoms with Crippen molar-refractivity contribution in [2.45, 2.75) is 17.4 Å². The zero-order valence-electron chi connectivity index (χ0n) is 11.7. The maximum absolute atomic E-state index is 12.2. The minimum atomic E-state index is -0.494. The topological polar surface area (TPSA) is 101 Å². The highest BCUT2D eigenvalue weighted by atomic mass is 32.2. The fraction of sp³-hybridized carbons (Fsp3) is 0.308. The third kappa shape index (κ3) is 2.93. The molecule has 0 radical (unpaired) electrons. The average molecular weight is 319 g/mol. The number of nitrogens with one attached hydrogen (secondary N) is 1. The number of carbonyl (C=O) groups excluding carboxylic acids is 2. The highest BCUT2D eigenvalue weighted by Crippen LogP contribution is 2.26. The van der Waals surface area contributed by atoms with Crippen LogP contribution in [0.2, 0.25) is 0 Å². The lowest BCUT2D eigenvalue weighted by molar-refractivity contribution is -0.126. The van der Waals surface area contributed by atoms with Gasteiger partial charge >= 0.3 is 6.03 Å². The number of hydrogen-bond donors (Lipinski definition) is 1. The predicted octanol–water partition coefficient (Wildman–Crippen LogP) is 1.16. The number of hydrogen-bond acceptors (Lipinski definition) is 7. The lowest BCUT2D eigenvalue weighted by Crippen LogP contribution is -2.38. The molecule has 0 unspecified atom stereocenters. The molecule has 9 heteroatoms. The van der Waals surface area contributed by atoms with Crippen LogP contribution in [-0.2, 0) is 4.79 Å². The average Bonchev–Trinajstić information content (AvgIpc) is 3.16. The molecule has 2 aromatic heterocycles. The summed E-state index contributed by atoms with van der Waals surface area (Å²) < 4.78 is 5.51. The molecular formula is C13H13N5O3S. The molecule has 0 bridgehead atoms. The Labute approximate surface area is 130 Å². The first-order valence-electron chi connectivity index (χ1n) is 6.65. The second-order valence-corrected chi connectivity index (χ2v) is 5.89. The van der Waals surface area contributed by atoms with Crippen molar-refractivity contribution in [2.75, 3.05) is 13.1 Å². The lowest BCUT2D eigenvalue weighted by atomic mass is 10.3. The van der Waals surface area contributed by atoms with Crippen molar-refractivity contribution in [1.29, 1.82) is 0 Å². The van der Waals surface area contributed by atoms with Crippen molar-refractivity contribution in [3.8, 4) is 11.5 Å². The minimum Gasteiger partial charge on any atom is -0.411 e. The van der Waals surface area contributed by atoms with Gasteiger partial charge in [-0.25, -0.2) is 4.79 Å². The second-order valence-electron chi connectivity index (χ2n) is 4.60. The molecule has 8 nitrogen and oxygen atoms in total. The normalized spacial score (nSPS) is 15.7. The maximum Gasteiger partial charge on any atom is 0.324 e. The summed E-state index contributed by atoms with van der Waals surface area (Å²) in [6.45, 7) is 2.56. The fourth-order valence-electron chi connectivity index (χ4n) is 1.97. The Kier molecular flexibility index (Phi) is 4.05. The number of carbonyl (C=O) groups is 2. The van der Waals surface area contributed by atoms with Gasteiger partial charge in [-0.3, -0.25) is 14.7 Å². The zero-order chi connectivity index (χ0) is 15.5. The van der Waals surface area contributed by atoms with Crippen molar-refractivity contribution in [3.05, 3.63) is 24.5 Å². The standard InChI is InChI=1S/C13H13N5O3S/c1-8(11(19)18-6-5-15-12(18)20)22-13-17-16-10(21-13)9-3-2-4-14-7-9/h2-4,7-8H,5-6H2,1H3,(H,15,20)/t8-/m0/s1. The molecular weight excluding hydrogens is 306 g/mol. The van der Waals surface area contributed by atoms with Gasteiger partial charge in [0.1, 0.15) is 0 Å². The molecule has 1 aliphatic heterocycles. The summed E-state index contributed by atoms with van der Waals surface area (Å²) in [6, 6.07) is 3.21. The van der Waals surface area contributed by atoms with Crippen LogP contribution in [0.5, 0.6) is 0 Å². The van der Waals surface area contributed by atoms with Crippen LogP contribution in [0.1, 0.15) is 6.92 Å². The molecule has 3 rings (SSSR count). The molecule has 0 aromatic carbocycles. The zero-order valence-corrected chi connectivity index (χ0v) is 12.5. The van der Waals surface area contributed by atoms with Gasteiger partial charge in [-0.15, -0.1) is 10.2 Å². The Bertz CT molecular complexity index is 690. The van der Waals surface area contributed by atoms with Gasteiger partial charge in [-0.2, -0.15) is 0 Å². The summed E-state index contributed by atoms with van der Waals surface area (Å²) in [5.74, 6) is 0.0651. The Morgan fingerprint density at radius 1 is 1.50 bits per heavy atom. The third-order valence-electron chi connectivity index (χ3n) is 3.06. The number of rotatable bonds is 4. The summed E-state index contributed by atoms with van der Waals surface area (Å²) in [4.78, 5) is 28.8. The van der Waals surface area contributed by atoms with Crippen molar-refractivity contribution >= 4 is 23.7 Å². The van der Waals surface area contributed by atoms with Gasteiger partial charge in [-0.05, 0) is 19.1 Å². The van der Waals surface area contributed by atoms with Gasteiger partial charge in [0.15, 0.2) is 0 Å². The van der Waals surface area contributed by atoms with E-state index in [0.29, 0.717) is 24.5 Å². The van der Waals surface area contributed by atoms with E-state index < -0.39 is 5.25 Å². The summed E-state index contributed by atoms with van der Waals surface area (Å²) in [7, 11) is 0. The largest absolute Gasteiger partial charge is 0.411 e. The highest BCUT2D eigenvalue weighted by Gasteiger charge is 2.31. The Balaban J connectivity index is 1.67. The summed E-state index contributed by atoms with van der Waals surface area (Å²) >= 11 is 1.12.